The van der Waals surface area contributed by atoms with Gasteiger partial charge in [0.05, 0.1) is 0 Å². The van der Waals surface area contributed by atoms with Crippen LogP contribution in [0.15, 0.2) is 29.2 Å². The van der Waals surface area contributed by atoms with Crippen molar-refractivity contribution >= 4 is 11.8 Å². The van der Waals surface area contributed by atoms with Crippen molar-refractivity contribution in [3.05, 3.63) is 29.8 Å². The van der Waals surface area contributed by atoms with E-state index in [9.17, 15) is 13.2 Å². The van der Waals surface area contributed by atoms with Crippen LogP contribution in [0.1, 0.15) is 17.9 Å². The molecule has 0 saturated carbocycles. The second-order valence-electron chi connectivity index (χ2n) is 3.81. The van der Waals surface area contributed by atoms with Crippen LogP contribution in [0.3, 0.4) is 0 Å². The molecule has 0 spiro atoms. The first-order valence-corrected chi connectivity index (χ1v) is 5.93. The summed E-state index contributed by atoms with van der Waals surface area (Å²) in [5.74, 6) is 0.449. The minimum Gasteiger partial charge on any atom is -0.316 e. The molecule has 0 bridgehead atoms. The molecule has 1 saturated heterocycles. The van der Waals surface area contributed by atoms with Crippen LogP contribution in [-0.2, 0) is 0 Å². The Kier molecular flexibility index (Phi) is 3.44. The summed E-state index contributed by atoms with van der Waals surface area (Å²) in [7, 11) is 0. The van der Waals surface area contributed by atoms with Crippen LogP contribution in [0.2, 0.25) is 0 Å². The molecular formula is C11H12F3NS. The topological polar surface area (TPSA) is 12.0 Å². The van der Waals surface area contributed by atoms with Gasteiger partial charge in [-0.2, -0.15) is 13.2 Å². The summed E-state index contributed by atoms with van der Waals surface area (Å²) < 4.78 is 36.3. The lowest BCUT2D eigenvalue weighted by Crippen LogP contribution is -2.07. The first-order valence-electron chi connectivity index (χ1n) is 5.11. The Balaban J connectivity index is 2.04. The zero-order valence-corrected chi connectivity index (χ0v) is 9.37. The van der Waals surface area contributed by atoms with Crippen LogP contribution < -0.4 is 5.32 Å². The predicted molar refractivity (Wildman–Crippen MR) is 58.6 cm³/mol. The highest BCUT2D eigenvalue weighted by atomic mass is 32.2. The largest absolute Gasteiger partial charge is 0.446 e. The standard InChI is InChI=1S/C11H12F3NS/c12-11(13,14)16-10-3-1-8(2-4-10)9-5-6-15-7-9/h1-4,9,15H,5-7H2. The number of rotatable bonds is 2. The van der Waals surface area contributed by atoms with E-state index in [-0.39, 0.29) is 16.7 Å². The van der Waals surface area contributed by atoms with Crippen LogP contribution in [-0.4, -0.2) is 18.6 Å². The van der Waals surface area contributed by atoms with Crippen LogP contribution in [0.25, 0.3) is 0 Å². The van der Waals surface area contributed by atoms with Gasteiger partial charge in [-0.3, -0.25) is 0 Å². The minimum atomic E-state index is -4.20. The third-order valence-electron chi connectivity index (χ3n) is 2.65. The van der Waals surface area contributed by atoms with Gasteiger partial charge in [-0.1, -0.05) is 12.1 Å². The lowest BCUT2D eigenvalue weighted by Gasteiger charge is -2.10. The van der Waals surface area contributed by atoms with Crippen molar-refractivity contribution < 1.29 is 13.2 Å². The Hall–Kier alpha value is -0.680. The molecule has 0 radical (unpaired) electrons. The molecule has 0 aromatic heterocycles. The number of halogens is 3. The zero-order valence-electron chi connectivity index (χ0n) is 8.55. The maximum atomic E-state index is 12.1. The van der Waals surface area contributed by atoms with Gasteiger partial charge in [0.2, 0.25) is 0 Å². The molecule has 1 fully saturated rings. The maximum Gasteiger partial charge on any atom is 0.446 e. The molecular weight excluding hydrogens is 235 g/mol. The lowest BCUT2D eigenvalue weighted by atomic mass is 9.99. The highest BCUT2D eigenvalue weighted by Gasteiger charge is 2.29. The molecule has 1 nitrogen and oxygen atoms in total. The summed E-state index contributed by atoms with van der Waals surface area (Å²) in [6.07, 6.45) is 1.06. The molecule has 1 aromatic rings. The van der Waals surface area contributed by atoms with E-state index in [1.54, 1.807) is 24.3 Å². The van der Waals surface area contributed by atoms with Crippen molar-refractivity contribution in [2.45, 2.75) is 22.7 Å². The third kappa shape index (κ3) is 3.15. The molecule has 5 heteroatoms. The number of thioether (sulfide) groups is 1. The van der Waals surface area contributed by atoms with Gasteiger partial charge in [0.25, 0.3) is 0 Å². The molecule has 1 aliphatic rings. The fourth-order valence-electron chi connectivity index (χ4n) is 1.88. The average Bonchev–Trinajstić information content (AvgIpc) is 2.69. The monoisotopic (exact) mass is 247 g/mol. The quantitative estimate of drug-likeness (QED) is 0.804. The van der Waals surface area contributed by atoms with E-state index < -0.39 is 5.51 Å². The number of benzene rings is 1. The van der Waals surface area contributed by atoms with Crippen molar-refractivity contribution in [1.29, 1.82) is 0 Å². The fourth-order valence-corrected chi connectivity index (χ4v) is 2.42. The van der Waals surface area contributed by atoms with E-state index in [4.69, 9.17) is 0 Å². The predicted octanol–water partition coefficient (Wildman–Crippen LogP) is 3.38. The average molecular weight is 247 g/mol. The summed E-state index contributed by atoms with van der Waals surface area (Å²) in [6, 6.07) is 6.69. The Morgan fingerprint density at radius 2 is 1.88 bits per heavy atom. The Morgan fingerprint density at radius 1 is 1.19 bits per heavy atom. The summed E-state index contributed by atoms with van der Waals surface area (Å²) in [6.45, 7) is 1.91. The van der Waals surface area contributed by atoms with Gasteiger partial charge >= 0.3 is 5.51 Å². The maximum absolute atomic E-state index is 12.1. The molecule has 2 rings (SSSR count). The minimum absolute atomic E-state index is 0.0636. The number of nitrogens with one attached hydrogen (secondary N) is 1. The van der Waals surface area contributed by atoms with Crippen molar-refractivity contribution in [2.24, 2.45) is 0 Å². The molecule has 1 aliphatic heterocycles. The molecule has 0 aliphatic carbocycles. The van der Waals surface area contributed by atoms with Gasteiger partial charge in [-0.15, -0.1) is 0 Å². The Morgan fingerprint density at radius 3 is 2.38 bits per heavy atom. The molecule has 1 atom stereocenters. The molecule has 16 heavy (non-hydrogen) atoms. The molecule has 1 unspecified atom stereocenters. The molecule has 88 valence electrons. The summed E-state index contributed by atoms with van der Waals surface area (Å²) >= 11 is -0.0636. The second-order valence-corrected chi connectivity index (χ2v) is 4.94. The van der Waals surface area contributed by atoms with Crippen molar-refractivity contribution in [3.8, 4) is 0 Å². The number of hydrogen-bond acceptors (Lipinski definition) is 2. The lowest BCUT2D eigenvalue weighted by molar-refractivity contribution is -0.0328. The van der Waals surface area contributed by atoms with Crippen LogP contribution in [0.4, 0.5) is 13.2 Å². The smallest absolute Gasteiger partial charge is 0.316 e. The van der Waals surface area contributed by atoms with Gasteiger partial charge in [-0.05, 0) is 48.3 Å². The molecule has 1 N–H and O–H groups in total. The van der Waals surface area contributed by atoms with Gasteiger partial charge < -0.3 is 5.32 Å². The van der Waals surface area contributed by atoms with Crippen molar-refractivity contribution in [3.63, 3.8) is 0 Å². The van der Waals surface area contributed by atoms with Gasteiger partial charge in [0.1, 0.15) is 0 Å². The van der Waals surface area contributed by atoms with E-state index in [0.29, 0.717) is 5.92 Å². The van der Waals surface area contributed by atoms with E-state index in [1.165, 1.54) is 0 Å². The van der Waals surface area contributed by atoms with Gasteiger partial charge in [0.15, 0.2) is 0 Å². The first-order chi connectivity index (χ1) is 7.54. The van der Waals surface area contributed by atoms with Crippen molar-refractivity contribution in [2.75, 3.05) is 13.1 Å². The van der Waals surface area contributed by atoms with Crippen LogP contribution >= 0.6 is 11.8 Å². The van der Waals surface area contributed by atoms with E-state index in [2.05, 4.69) is 5.32 Å². The number of hydrogen-bond donors (Lipinski definition) is 1. The fraction of sp³-hybridized carbons (Fsp3) is 0.455. The van der Waals surface area contributed by atoms with E-state index >= 15 is 0 Å². The van der Waals surface area contributed by atoms with Gasteiger partial charge in [-0.25, -0.2) is 0 Å². The van der Waals surface area contributed by atoms with Gasteiger partial charge in [0, 0.05) is 11.4 Å². The SMILES string of the molecule is FC(F)(F)Sc1ccc(C2CCNC2)cc1. The summed E-state index contributed by atoms with van der Waals surface area (Å²) in [5, 5.41) is 3.24. The zero-order chi connectivity index (χ0) is 11.6. The number of alkyl halides is 3. The van der Waals surface area contributed by atoms with Crippen LogP contribution in [0.5, 0.6) is 0 Å². The third-order valence-corrected chi connectivity index (χ3v) is 3.38. The highest BCUT2D eigenvalue weighted by molar-refractivity contribution is 8.00. The van der Waals surface area contributed by atoms with Crippen molar-refractivity contribution in [1.82, 2.24) is 5.32 Å². The van der Waals surface area contributed by atoms with E-state index in [0.717, 1.165) is 25.1 Å². The molecule has 1 aromatic carbocycles. The second kappa shape index (κ2) is 4.67. The summed E-state index contributed by atoms with van der Waals surface area (Å²) in [5.41, 5.74) is -3.08. The Bertz CT molecular complexity index is 341. The highest BCUT2D eigenvalue weighted by Crippen LogP contribution is 2.37. The van der Waals surface area contributed by atoms with Crippen LogP contribution in [0, 0.1) is 0 Å². The molecule has 1 heterocycles. The molecule has 0 amide bonds. The first kappa shape index (κ1) is 11.8. The normalized spacial score (nSPS) is 21.3. The Labute approximate surface area is 96.4 Å². The summed E-state index contributed by atoms with van der Waals surface area (Å²) in [4.78, 5) is 0.252. The van der Waals surface area contributed by atoms with E-state index in [1.807, 2.05) is 0 Å².